The van der Waals surface area contributed by atoms with Gasteiger partial charge >= 0.3 is 0 Å². The summed E-state index contributed by atoms with van der Waals surface area (Å²) in [5.74, 6) is 1.36. The lowest BCUT2D eigenvalue weighted by Crippen LogP contribution is -1.90. The molecule has 0 bridgehead atoms. The molecule has 0 spiro atoms. The van der Waals surface area contributed by atoms with E-state index in [1.807, 2.05) is 12.1 Å². The van der Waals surface area contributed by atoms with Crippen LogP contribution in [0.3, 0.4) is 0 Å². The molecule has 6 heteroatoms. The van der Waals surface area contributed by atoms with Crippen LogP contribution in [0.25, 0.3) is 11.4 Å². The smallest absolute Gasteiger partial charge is 0.255 e. The second-order valence-electron chi connectivity index (χ2n) is 3.48. The van der Waals surface area contributed by atoms with Gasteiger partial charge in [0.2, 0.25) is 5.82 Å². The van der Waals surface area contributed by atoms with E-state index in [1.54, 1.807) is 20.1 Å². The monoisotopic (exact) mass is 298 g/mol. The fourth-order valence-electron chi connectivity index (χ4n) is 1.33. The average molecular weight is 299 g/mol. The summed E-state index contributed by atoms with van der Waals surface area (Å²) in [6, 6.07) is 5.45. The third kappa shape index (κ3) is 2.48. The molecule has 1 aromatic carbocycles. The Kier molecular flexibility index (Phi) is 3.44. The predicted molar refractivity (Wildman–Crippen MR) is 64.6 cm³/mol. The van der Waals surface area contributed by atoms with Crippen molar-refractivity contribution < 1.29 is 14.4 Å². The van der Waals surface area contributed by atoms with Crippen molar-refractivity contribution in [3.8, 4) is 17.1 Å². The summed E-state index contributed by atoms with van der Waals surface area (Å²) < 4.78 is 10.9. The molecule has 0 saturated carbocycles. The van der Waals surface area contributed by atoms with E-state index in [1.165, 1.54) is 0 Å². The summed E-state index contributed by atoms with van der Waals surface area (Å²) in [4.78, 5) is 4.09. The van der Waals surface area contributed by atoms with Gasteiger partial charge in [0.25, 0.3) is 5.89 Å². The summed E-state index contributed by atoms with van der Waals surface area (Å²) in [7, 11) is 1.60. The normalized spacial score (nSPS) is 12.5. The molecular formula is C11H11BrN2O3. The Morgan fingerprint density at radius 3 is 2.76 bits per heavy atom. The van der Waals surface area contributed by atoms with Crippen LogP contribution >= 0.6 is 15.9 Å². The third-order valence-corrected chi connectivity index (χ3v) is 2.83. The van der Waals surface area contributed by atoms with Crippen LogP contribution in [0.15, 0.2) is 27.2 Å². The largest absolute Gasteiger partial charge is 0.496 e. The number of ether oxygens (including phenoxy) is 1. The van der Waals surface area contributed by atoms with E-state index in [0.717, 1.165) is 15.8 Å². The molecular weight excluding hydrogens is 288 g/mol. The van der Waals surface area contributed by atoms with Gasteiger partial charge in [0.15, 0.2) is 0 Å². The molecule has 5 nitrogen and oxygen atoms in total. The molecule has 90 valence electrons. The van der Waals surface area contributed by atoms with Crippen LogP contribution in [0.2, 0.25) is 0 Å². The highest BCUT2D eigenvalue weighted by molar-refractivity contribution is 9.10. The maximum Gasteiger partial charge on any atom is 0.255 e. The summed E-state index contributed by atoms with van der Waals surface area (Å²) in [5.41, 5.74) is 0.785. The number of rotatable bonds is 3. The van der Waals surface area contributed by atoms with E-state index in [0.29, 0.717) is 5.82 Å². The molecule has 0 unspecified atom stereocenters. The lowest BCUT2D eigenvalue weighted by Gasteiger charge is -2.03. The standard InChI is InChI=1S/C11H11BrN2O3/c1-6(15)11-13-10(14-17-11)7-3-4-9(16-2)8(12)5-7/h3-6,15H,1-2H3/t6-/m0/s1. The van der Waals surface area contributed by atoms with Crippen molar-refractivity contribution in [2.75, 3.05) is 7.11 Å². The van der Waals surface area contributed by atoms with Gasteiger partial charge < -0.3 is 14.4 Å². The Hall–Kier alpha value is -1.40. The van der Waals surface area contributed by atoms with E-state index in [9.17, 15) is 5.11 Å². The Morgan fingerprint density at radius 1 is 1.47 bits per heavy atom. The van der Waals surface area contributed by atoms with Crippen molar-refractivity contribution in [1.82, 2.24) is 10.1 Å². The molecule has 0 aliphatic heterocycles. The summed E-state index contributed by atoms with van der Waals surface area (Å²) in [6.07, 6.45) is -0.766. The van der Waals surface area contributed by atoms with Crippen molar-refractivity contribution in [3.05, 3.63) is 28.6 Å². The van der Waals surface area contributed by atoms with Crippen LogP contribution in [0, 0.1) is 0 Å². The third-order valence-electron chi connectivity index (χ3n) is 2.21. The number of aliphatic hydroxyl groups excluding tert-OH is 1. The topological polar surface area (TPSA) is 68.4 Å². The predicted octanol–water partition coefficient (Wildman–Crippen LogP) is 2.56. The SMILES string of the molecule is COc1ccc(-c2noc([C@H](C)O)n2)cc1Br. The number of methoxy groups -OCH3 is 1. The Labute approximate surface area is 107 Å². The van der Waals surface area contributed by atoms with E-state index in [-0.39, 0.29) is 5.89 Å². The van der Waals surface area contributed by atoms with Gasteiger partial charge in [0.1, 0.15) is 11.9 Å². The number of aromatic nitrogens is 2. The summed E-state index contributed by atoms with van der Waals surface area (Å²) >= 11 is 3.38. The van der Waals surface area contributed by atoms with Crippen LogP contribution < -0.4 is 4.74 Å². The van der Waals surface area contributed by atoms with Crippen LogP contribution in [-0.2, 0) is 0 Å². The van der Waals surface area contributed by atoms with Gasteiger partial charge in [-0.3, -0.25) is 0 Å². The minimum atomic E-state index is -0.766. The van der Waals surface area contributed by atoms with Gasteiger partial charge in [-0.15, -0.1) is 0 Å². The molecule has 1 aromatic heterocycles. The van der Waals surface area contributed by atoms with Gasteiger partial charge in [-0.05, 0) is 41.1 Å². The molecule has 1 heterocycles. The molecule has 1 atom stereocenters. The van der Waals surface area contributed by atoms with Crippen LogP contribution in [0.5, 0.6) is 5.75 Å². The molecule has 0 amide bonds. The molecule has 0 fully saturated rings. The zero-order valence-electron chi connectivity index (χ0n) is 9.35. The number of hydrogen-bond donors (Lipinski definition) is 1. The first-order valence-corrected chi connectivity index (χ1v) is 5.76. The minimum absolute atomic E-state index is 0.201. The highest BCUT2D eigenvalue weighted by Crippen LogP contribution is 2.29. The maximum absolute atomic E-state index is 9.30. The fraction of sp³-hybridized carbons (Fsp3) is 0.273. The molecule has 0 aliphatic carbocycles. The lowest BCUT2D eigenvalue weighted by molar-refractivity contribution is 0.152. The van der Waals surface area contributed by atoms with Gasteiger partial charge in [-0.1, -0.05) is 5.16 Å². The Balaban J connectivity index is 2.36. The Bertz CT molecular complexity index is 525. The van der Waals surface area contributed by atoms with Crippen LogP contribution in [0.4, 0.5) is 0 Å². The van der Waals surface area contributed by atoms with Gasteiger partial charge in [-0.2, -0.15) is 4.98 Å². The molecule has 0 aliphatic rings. The van der Waals surface area contributed by atoms with Gasteiger partial charge in [0, 0.05) is 5.56 Å². The number of hydrogen-bond acceptors (Lipinski definition) is 5. The first-order chi connectivity index (χ1) is 8.11. The Morgan fingerprint density at radius 2 is 2.24 bits per heavy atom. The quantitative estimate of drug-likeness (QED) is 0.943. The van der Waals surface area contributed by atoms with Crippen molar-refractivity contribution in [2.24, 2.45) is 0 Å². The van der Waals surface area contributed by atoms with Crippen molar-refractivity contribution in [3.63, 3.8) is 0 Å². The first kappa shape index (κ1) is 12.1. The van der Waals surface area contributed by atoms with Gasteiger partial charge in [0.05, 0.1) is 11.6 Å². The molecule has 2 aromatic rings. The molecule has 0 saturated heterocycles. The highest BCUT2D eigenvalue weighted by atomic mass is 79.9. The fourth-order valence-corrected chi connectivity index (χ4v) is 1.87. The van der Waals surface area contributed by atoms with E-state index >= 15 is 0 Å². The second-order valence-corrected chi connectivity index (χ2v) is 4.34. The minimum Gasteiger partial charge on any atom is -0.496 e. The van der Waals surface area contributed by atoms with Gasteiger partial charge in [-0.25, -0.2) is 0 Å². The van der Waals surface area contributed by atoms with Crippen LogP contribution in [0.1, 0.15) is 18.9 Å². The van der Waals surface area contributed by atoms with E-state index in [4.69, 9.17) is 9.26 Å². The molecule has 0 radical (unpaired) electrons. The van der Waals surface area contributed by atoms with Crippen molar-refractivity contribution in [1.29, 1.82) is 0 Å². The summed E-state index contributed by atoms with van der Waals surface area (Å²) in [6.45, 7) is 1.57. The summed E-state index contributed by atoms with van der Waals surface area (Å²) in [5, 5.41) is 13.1. The maximum atomic E-state index is 9.30. The van der Waals surface area contributed by atoms with Crippen molar-refractivity contribution in [2.45, 2.75) is 13.0 Å². The molecule has 17 heavy (non-hydrogen) atoms. The lowest BCUT2D eigenvalue weighted by atomic mass is 10.2. The number of benzene rings is 1. The molecule has 2 rings (SSSR count). The zero-order chi connectivity index (χ0) is 12.4. The first-order valence-electron chi connectivity index (χ1n) is 4.97. The number of aliphatic hydroxyl groups is 1. The zero-order valence-corrected chi connectivity index (χ0v) is 10.9. The number of halogens is 1. The number of nitrogens with zero attached hydrogens (tertiary/aromatic N) is 2. The molecule has 1 N–H and O–H groups in total. The van der Waals surface area contributed by atoms with Crippen LogP contribution in [-0.4, -0.2) is 22.4 Å². The average Bonchev–Trinajstić information content (AvgIpc) is 2.78. The van der Waals surface area contributed by atoms with Crippen molar-refractivity contribution >= 4 is 15.9 Å². The highest BCUT2D eigenvalue weighted by Gasteiger charge is 2.13. The second kappa shape index (κ2) is 4.85. The van der Waals surface area contributed by atoms with E-state index < -0.39 is 6.10 Å². The van der Waals surface area contributed by atoms with E-state index in [2.05, 4.69) is 26.1 Å².